The van der Waals surface area contributed by atoms with Gasteiger partial charge < -0.3 is 5.32 Å². The standard InChI is InChI=1S/C12H14N4/c1-9-3-4-13-12(5-9)16-8-11-7-14-10(2)6-15-11/h3-7H,8H2,1-2H3,(H,13,16). The van der Waals surface area contributed by atoms with E-state index in [9.17, 15) is 0 Å². The molecular formula is C12H14N4. The molecule has 0 aromatic carbocycles. The molecule has 0 aliphatic carbocycles. The number of nitrogens with zero attached hydrogens (tertiary/aromatic N) is 3. The number of pyridine rings is 1. The predicted octanol–water partition coefficient (Wildman–Crippen LogP) is 2.10. The molecule has 4 heteroatoms. The molecule has 0 bridgehead atoms. The van der Waals surface area contributed by atoms with Gasteiger partial charge in [0.2, 0.25) is 0 Å². The van der Waals surface area contributed by atoms with Crippen molar-refractivity contribution in [2.45, 2.75) is 20.4 Å². The van der Waals surface area contributed by atoms with Gasteiger partial charge in [-0.2, -0.15) is 0 Å². The molecule has 0 amide bonds. The number of anilines is 1. The van der Waals surface area contributed by atoms with E-state index in [-0.39, 0.29) is 0 Å². The summed E-state index contributed by atoms with van der Waals surface area (Å²) in [6.45, 7) is 4.61. The van der Waals surface area contributed by atoms with Crippen LogP contribution < -0.4 is 5.32 Å². The maximum atomic E-state index is 4.26. The van der Waals surface area contributed by atoms with Gasteiger partial charge in [-0.1, -0.05) is 0 Å². The third-order valence-corrected chi connectivity index (χ3v) is 2.20. The zero-order valence-electron chi connectivity index (χ0n) is 9.44. The van der Waals surface area contributed by atoms with Crippen molar-refractivity contribution in [1.29, 1.82) is 0 Å². The fourth-order valence-electron chi connectivity index (χ4n) is 1.32. The topological polar surface area (TPSA) is 50.7 Å². The van der Waals surface area contributed by atoms with Crippen molar-refractivity contribution in [3.8, 4) is 0 Å². The Morgan fingerprint density at radius 1 is 1.12 bits per heavy atom. The van der Waals surface area contributed by atoms with E-state index in [1.54, 1.807) is 18.6 Å². The van der Waals surface area contributed by atoms with Crippen molar-refractivity contribution in [3.63, 3.8) is 0 Å². The van der Waals surface area contributed by atoms with Crippen molar-refractivity contribution in [1.82, 2.24) is 15.0 Å². The van der Waals surface area contributed by atoms with Crippen LogP contribution >= 0.6 is 0 Å². The van der Waals surface area contributed by atoms with E-state index >= 15 is 0 Å². The van der Waals surface area contributed by atoms with Crippen molar-refractivity contribution < 1.29 is 0 Å². The summed E-state index contributed by atoms with van der Waals surface area (Å²) >= 11 is 0. The molecule has 82 valence electrons. The van der Waals surface area contributed by atoms with Crippen LogP contribution in [0.2, 0.25) is 0 Å². The van der Waals surface area contributed by atoms with Gasteiger partial charge in [0.15, 0.2) is 0 Å². The normalized spacial score (nSPS) is 10.1. The first-order valence-corrected chi connectivity index (χ1v) is 5.18. The molecule has 0 aliphatic heterocycles. The Bertz CT molecular complexity index is 465. The monoisotopic (exact) mass is 214 g/mol. The van der Waals surface area contributed by atoms with Crippen LogP contribution in [0.15, 0.2) is 30.7 Å². The summed E-state index contributed by atoms with van der Waals surface area (Å²) in [5, 5.41) is 3.21. The smallest absolute Gasteiger partial charge is 0.126 e. The van der Waals surface area contributed by atoms with E-state index in [0.29, 0.717) is 6.54 Å². The Hall–Kier alpha value is -1.97. The summed E-state index contributed by atoms with van der Waals surface area (Å²) in [5.74, 6) is 0.863. The zero-order valence-corrected chi connectivity index (χ0v) is 9.44. The summed E-state index contributed by atoms with van der Waals surface area (Å²) in [6, 6.07) is 3.97. The maximum absolute atomic E-state index is 4.26. The minimum absolute atomic E-state index is 0.643. The molecular weight excluding hydrogens is 200 g/mol. The van der Waals surface area contributed by atoms with Crippen LogP contribution in [0.5, 0.6) is 0 Å². The number of nitrogens with one attached hydrogen (secondary N) is 1. The maximum Gasteiger partial charge on any atom is 0.126 e. The van der Waals surface area contributed by atoms with E-state index in [2.05, 4.69) is 20.3 Å². The lowest BCUT2D eigenvalue weighted by Crippen LogP contribution is -2.03. The first kappa shape index (κ1) is 10.5. The van der Waals surface area contributed by atoms with E-state index in [4.69, 9.17) is 0 Å². The Balaban J connectivity index is 1.99. The summed E-state index contributed by atoms with van der Waals surface area (Å²) in [4.78, 5) is 12.7. The SMILES string of the molecule is Cc1ccnc(NCc2cnc(C)cn2)c1. The molecule has 0 unspecified atom stereocenters. The molecule has 0 atom stereocenters. The average molecular weight is 214 g/mol. The molecule has 1 N–H and O–H groups in total. The van der Waals surface area contributed by atoms with Crippen LogP contribution in [-0.2, 0) is 6.54 Å². The molecule has 0 aliphatic rings. The minimum atomic E-state index is 0.643. The van der Waals surface area contributed by atoms with Gasteiger partial charge in [0.25, 0.3) is 0 Å². The lowest BCUT2D eigenvalue weighted by molar-refractivity contribution is 0.976. The fourth-order valence-corrected chi connectivity index (χ4v) is 1.32. The number of hydrogen-bond donors (Lipinski definition) is 1. The minimum Gasteiger partial charge on any atom is -0.364 e. The lowest BCUT2D eigenvalue weighted by atomic mass is 10.3. The van der Waals surface area contributed by atoms with Crippen molar-refractivity contribution in [3.05, 3.63) is 47.7 Å². The van der Waals surface area contributed by atoms with Crippen LogP contribution in [0, 0.1) is 13.8 Å². The lowest BCUT2D eigenvalue weighted by Gasteiger charge is -2.05. The highest BCUT2D eigenvalue weighted by molar-refractivity contribution is 5.37. The van der Waals surface area contributed by atoms with Gasteiger partial charge in [-0.25, -0.2) is 4.98 Å². The number of aromatic nitrogens is 3. The molecule has 4 nitrogen and oxygen atoms in total. The molecule has 0 saturated heterocycles. The van der Waals surface area contributed by atoms with E-state index in [1.165, 1.54) is 5.56 Å². The molecule has 2 heterocycles. The summed E-state index contributed by atoms with van der Waals surface area (Å²) in [7, 11) is 0. The Labute approximate surface area is 94.8 Å². The molecule has 0 fully saturated rings. The largest absolute Gasteiger partial charge is 0.364 e. The average Bonchev–Trinajstić information content (AvgIpc) is 2.28. The van der Waals surface area contributed by atoms with Crippen molar-refractivity contribution >= 4 is 5.82 Å². The summed E-state index contributed by atoms with van der Waals surface area (Å²) in [6.07, 6.45) is 5.33. The molecule has 0 spiro atoms. The molecule has 2 aromatic heterocycles. The van der Waals surface area contributed by atoms with E-state index in [0.717, 1.165) is 17.2 Å². The molecule has 0 radical (unpaired) electrons. The second-order valence-corrected chi connectivity index (χ2v) is 3.72. The first-order valence-electron chi connectivity index (χ1n) is 5.18. The summed E-state index contributed by atoms with van der Waals surface area (Å²) in [5.41, 5.74) is 3.03. The second-order valence-electron chi connectivity index (χ2n) is 3.72. The van der Waals surface area contributed by atoms with Gasteiger partial charge in [0.1, 0.15) is 5.82 Å². The molecule has 0 saturated carbocycles. The summed E-state index contributed by atoms with van der Waals surface area (Å²) < 4.78 is 0. The third kappa shape index (κ3) is 2.76. The Morgan fingerprint density at radius 2 is 2.00 bits per heavy atom. The fraction of sp³-hybridized carbons (Fsp3) is 0.250. The first-order chi connectivity index (χ1) is 7.74. The molecule has 2 rings (SSSR count). The van der Waals surface area contributed by atoms with Crippen LogP contribution in [0.25, 0.3) is 0 Å². The van der Waals surface area contributed by atoms with Crippen LogP contribution in [-0.4, -0.2) is 15.0 Å². The highest BCUT2D eigenvalue weighted by atomic mass is 15.0. The quantitative estimate of drug-likeness (QED) is 0.850. The Kier molecular flexibility index (Phi) is 3.10. The van der Waals surface area contributed by atoms with Crippen LogP contribution in [0.4, 0.5) is 5.82 Å². The number of rotatable bonds is 3. The zero-order chi connectivity index (χ0) is 11.4. The van der Waals surface area contributed by atoms with Crippen molar-refractivity contribution in [2.24, 2.45) is 0 Å². The van der Waals surface area contributed by atoms with Gasteiger partial charge in [0.05, 0.1) is 24.1 Å². The number of hydrogen-bond acceptors (Lipinski definition) is 4. The van der Waals surface area contributed by atoms with Gasteiger partial charge >= 0.3 is 0 Å². The van der Waals surface area contributed by atoms with Crippen molar-refractivity contribution in [2.75, 3.05) is 5.32 Å². The third-order valence-electron chi connectivity index (χ3n) is 2.20. The highest BCUT2D eigenvalue weighted by Crippen LogP contribution is 2.06. The van der Waals surface area contributed by atoms with E-state index in [1.807, 2.05) is 26.0 Å². The van der Waals surface area contributed by atoms with Crippen LogP contribution in [0.1, 0.15) is 17.0 Å². The van der Waals surface area contributed by atoms with Gasteiger partial charge in [-0.05, 0) is 31.5 Å². The Morgan fingerprint density at radius 3 is 2.69 bits per heavy atom. The van der Waals surface area contributed by atoms with Gasteiger partial charge in [-0.3, -0.25) is 9.97 Å². The molecule has 2 aromatic rings. The molecule has 16 heavy (non-hydrogen) atoms. The van der Waals surface area contributed by atoms with Gasteiger partial charge in [-0.15, -0.1) is 0 Å². The van der Waals surface area contributed by atoms with Gasteiger partial charge in [0, 0.05) is 12.4 Å². The second kappa shape index (κ2) is 4.70. The predicted molar refractivity (Wildman–Crippen MR) is 63.1 cm³/mol. The number of aryl methyl sites for hydroxylation is 2. The highest BCUT2D eigenvalue weighted by Gasteiger charge is 1.97. The van der Waals surface area contributed by atoms with E-state index < -0.39 is 0 Å². The van der Waals surface area contributed by atoms with Crippen LogP contribution in [0.3, 0.4) is 0 Å².